The summed E-state index contributed by atoms with van der Waals surface area (Å²) < 4.78 is 4.74. The van der Waals surface area contributed by atoms with Crippen LogP contribution in [0.15, 0.2) is 36.8 Å². The zero-order valence-corrected chi connectivity index (χ0v) is 19.5. The molecule has 0 atom stereocenters. The number of aldehydes is 1. The van der Waals surface area contributed by atoms with Gasteiger partial charge in [0.1, 0.15) is 23.4 Å². The quantitative estimate of drug-likeness (QED) is 0.436. The molecule has 0 aliphatic carbocycles. The number of imide groups is 1. The van der Waals surface area contributed by atoms with E-state index < -0.39 is 17.8 Å². The lowest BCUT2D eigenvalue weighted by atomic mass is 10.2. The van der Waals surface area contributed by atoms with Crippen LogP contribution in [0.25, 0.3) is 0 Å². The van der Waals surface area contributed by atoms with E-state index in [-0.39, 0.29) is 30.3 Å². The third-order valence-electron chi connectivity index (χ3n) is 5.69. The monoisotopic (exact) mass is 479 g/mol. The summed E-state index contributed by atoms with van der Waals surface area (Å²) in [6, 6.07) is 4.23. The van der Waals surface area contributed by atoms with Gasteiger partial charge in [-0.05, 0) is 23.8 Å². The van der Waals surface area contributed by atoms with Crippen LogP contribution in [0.5, 0.6) is 0 Å². The van der Waals surface area contributed by atoms with Gasteiger partial charge >= 0.3 is 6.03 Å². The Morgan fingerprint density at radius 3 is 2.00 bits per heavy atom. The number of rotatable bonds is 7. The molecular formula is C23H25N7O5. The van der Waals surface area contributed by atoms with Gasteiger partial charge in [-0.1, -0.05) is 0 Å². The number of hydrogen-bond donors (Lipinski definition) is 3. The normalized spacial score (nSPS) is 13.0. The van der Waals surface area contributed by atoms with Crippen LogP contribution in [-0.4, -0.2) is 61.7 Å². The number of aryl methyl sites for hydroxylation is 3. The first-order valence-corrected chi connectivity index (χ1v) is 10.8. The largest absolute Gasteiger partial charge is 0.346 e. The minimum atomic E-state index is -0.455. The number of urea groups is 1. The first-order chi connectivity index (χ1) is 16.7. The van der Waals surface area contributed by atoms with Crippen molar-refractivity contribution in [2.75, 3.05) is 23.7 Å². The maximum atomic E-state index is 12.9. The zero-order valence-electron chi connectivity index (χ0n) is 19.5. The van der Waals surface area contributed by atoms with Crippen LogP contribution in [-0.2, 0) is 32.4 Å². The van der Waals surface area contributed by atoms with Crippen molar-refractivity contribution in [2.45, 2.75) is 6.42 Å². The van der Waals surface area contributed by atoms with Crippen molar-refractivity contribution in [3.63, 3.8) is 0 Å². The Labute approximate surface area is 200 Å². The molecule has 3 aromatic heterocycles. The van der Waals surface area contributed by atoms with Gasteiger partial charge in [-0.25, -0.2) is 4.79 Å². The molecule has 0 saturated carbocycles. The molecule has 5 amide bonds. The molecule has 1 aliphatic rings. The van der Waals surface area contributed by atoms with Gasteiger partial charge in [-0.2, -0.15) is 0 Å². The van der Waals surface area contributed by atoms with E-state index in [0.29, 0.717) is 23.6 Å². The molecular weight excluding hydrogens is 454 g/mol. The summed E-state index contributed by atoms with van der Waals surface area (Å²) in [5.41, 5.74) is 2.46. The summed E-state index contributed by atoms with van der Waals surface area (Å²) >= 11 is 0. The lowest BCUT2D eigenvalue weighted by Crippen LogP contribution is -2.35. The Morgan fingerprint density at radius 1 is 0.886 bits per heavy atom. The van der Waals surface area contributed by atoms with Crippen LogP contribution in [0.3, 0.4) is 0 Å². The molecule has 182 valence electrons. The van der Waals surface area contributed by atoms with Crippen LogP contribution in [0.1, 0.15) is 37.0 Å². The number of nitrogens with one attached hydrogen (secondary N) is 3. The van der Waals surface area contributed by atoms with E-state index in [1.807, 2.05) is 0 Å². The molecule has 1 fully saturated rings. The topological polar surface area (TPSA) is 139 Å². The number of aromatic nitrogens is 3. The highest BCUT2D eigenvalue weighted by atomic mass is 16.2. The number of hydrogen-bond acceptors (Lipinski definition) is 5. The fraction of sp³-hybridized carbons (Fsp3) is 0.261. The van der Waals surface area contributed by atoms with Crippen molar-refractivity contribution in [3.05, 3.63) is 59.4 Å². The first kappa shape index (κ1) is 23.5. The minimum absolute atomic E-state index is 0.217. The van der Waals surface area contributed by atoms with E-state index in [0.717, 1.165) is 16.7 Å². The SMILES string of the molecule is Cn1cc(CC=O)cc1C(=O)Nc1cc(C(=O)Nc2cc(C(=O)N3CCNC3=O)n(C)c2)n(C)c1. The Morgan fingerprint density at radius 2 is 1.43 bits per heavy atom. The van der Waals surface area contributed by atoms with E-state index in [9.17, 15) is 24.0 Å². The molecule has 12 heteroatoms. The molecule has 12 nitrogen and oxygen atoms in total. The van der Waals surface area contributed by atoms with E-state index in [4.69, 9.17) is 0 Å². The van der Waals surface area contributed by atoms with Crippen LogP contribution in [0, 0.1) is 0 Å². The number of carbonyl (C=O) groups excluding carboxylic acids is 5. The van der Waals surface area contributed by atoms with Crippen LogP contribution in [0.2, 0.25) is 0 Å². The first-order valence-electron chi connectivity index (χ1n) is 10.8. The van der Waals surface area contributed by atoms with Crippen molar-refractivity contribution < 1.29 is 24.0 Å². The summed E-state index contributed by atoms with van der Waals surface area (Å²) in [6.07, 6.45) is 5.88. The van der Waals surface area contributed by atoms with Crippen molar-refractivity contribution in [1.29, 1.82) is 0 Å². The van der Waals surface area contributed by atoms with Crippen LogP contribution < -0.4 is 16.0 Å². The highest BCUT2D eigenvalue weighted by Gasteiger charge is 2.29. The third kappa shape index (κ3) is 4.71. The van der Waals surface area contributed by atoms with E-state index in [1.54, 1.807) is 59.5 Å². The van der Waals surface area contributed by atoms with E-state index in [2.05, 4.69) is 16.0 Å². The van der Waals surface area contributed by atoms with Gasteiger partial charge in [0.15, 0.2) is 0 Å². The summed E-state index contributed by atoms with van der Waals surface area (Å²) in [7, 11) is 5.03. The molecule has 3 N–H and O–H groups in total. The second-order valence-electron chi connectivity index (χ2n) is 8.26. The van der Waals surface area contributed by atoms with Crippen molar-refractivity contribution >= 4 is 41.4 Å². The highest BCUT2D eigenvalue weighted by molar-refractivity contribution is 6.08. The molecule has 3 aromatic rings. The number of nitrogens with zero attached hydrogens (tertiary/aromatic N) is 4. The molecule has 1 saturated heterocycles. The van der Waals surface area contributed by atoms with Gasteiger partial charge in [0.05, 0.1) is 11.4 Å². The standard InChI is InChI=1S/C23H25N7O5/c1-27-11-14(4-7-31)8-17(27)20(32)25-15-9-18(28(2)12-15)21(33)26-16-10-19(29(3)13-16)22(34)30-6-5-24-23(30)35/h7-13H,4-6H2,1-3H3,(H,24,35)(H,25,32)(H,26,33). The number of anilines is 2. The predicted octanol–water partition coefficient (Wildman–Crippen LogP) is 1.11. The lowest BCUT2D eigenvalue weighted by Gasteiger charge is -2.12. The fourth-order valence-corrected chi connectivity index (χ4v) is 3.96. The average molecular weight is 479 g/mol. The lowest BCUT2D eigenvalue weighted by molar-refractivity contribution is -0.107. The minimum Gasteiger partial charge on any atom is -0.346 e. The number of carbonyl (C=O) groups is 5. The van der Waals surface area contributed by atoms with Crippen molar-refractivity contribution in [3.8, 4) is 0 Å². The van der Waals surface area contributed by atoms with E-state index >= 15 is 0 Å². The summed E-state index contributed by atoms with van der Waals surface area (Å²) in [6.45, 7) is 0.679. The Kier molecular flexibility index (Phi) is 6.28. The predicted molar refractivity (Wildman–Crippen MR) is 126 cm³/mol. The summed E-state index contributed by atoms with van der Waals surface area (Å²) in [5.74, 6) is -1.27. The maximum Gasteiger partial charge on any atom is 0.324 e. The molecule has 4 heterocycles. The summed E-state index contributed by atoms with van der Waals surface area (Å²) in [4.78, 5) is 61.8. The molecule has 0 bridgehead atoms. The van der Waals surface area contributed by atoms with Crippen molar-refractivity contribution in [1.82, 2.24) is 23.9 Å². The van der Waals surface area contributed by atoms with E-state index in [1.165, 1.54) is 12.1 Å². The molecule has 0 radical (unpaired) electrons. The van der Waals surface area contributed by atoms with Gasteiger partial charge in [0.2, 0.25) is 0 Å². The smallest absolute Gasteiger partial charge is 0.324 e. The van der Waals surface area contributed by atoms with Crippen LogP contribution >= 0.6 is 0 Å². The van der Waals surface area contributed by atoms with Crippen molar-refractivity contribution in [2.24, 2.45) is 21.1 Å². The van der Waals surface area contributed by atoms with Gasteiger partial charge in [0.25, 0.3) is 17.7 Å². The van der Waals surface area contributed by atoms with Gasteiger partial charge in [0, 0.05) is 59.2 Å². The molecule has 4 rings (SSSR count). The molecule has 0 aromatic carbocycles. The van der Waals surface area contributed by atoms with Gasteiger partial charge in [-0.3, -0.25) is 19.3 Å². The molecule has 0 spiro atoms. The van der Waals surface area contributed by atoms with Crippen LogP contribution in [0.4, 0.5) is 16.2 Å². The molecule has 35 heavy (non-hydrogen) atoms. The second kappa shape index (κ2) is 9.33. The molecule has 0 unspecified atom stereocenters. The average Bonchev–Trinajstić information content (AvgIpc) is 3.55. The Bertz CT molecular complexity index is 1350. The fourth-order valence-electron chi connectivity index (χ4n) is 3.96. The second-order valence-corrected chi connectivity index (χ2v) is 8.26. The number of amides is 5. The maximum absolute atomic E-state index is 12.9. The highest BCUT2D eigenvalue weighted by Crippen LogP contribution is 2.20. The molecule has 1 aliphatic heterocycles. The Hall–Kier alpha value is -4.61. The van der Waals surface area contributed by atoms with Gasteiger partial charge < -0.3 is 34.4 Å². The third-order valence-corrected chi connectivity index (χ3v) is 5.69. The summed E-state index contributed by atoms with van der Waals surface area (Å²) in [5, 5.41) is 8.08. The van der Waals surface area contributed by atoms with Gasteiger partial charge in [-0.15, -0.1) is 0 Å². The Balaban J connectivity index is 1.45. The zero-order chi connectivity index (χ0) is 25.3.